The maximum Gasteiger partial charge on any atom is 0.472 e. The Morgan fingerprint density at radius 2 is 1.11 bits per heavy atom. The molecule has 0 bridgehead atoms. The molecule has 0 fully saturated rings. The summed E-state index contributed by atoms with van der Waals surface area (Å²) in [6.45, 7) is 2.67. The number of esters is 2. The van der Waals surface area contributed by atoms with Crippen LogP contribution in [0.4, 0.5) is 0 Å². The zero-order chi connectivity index (χ0) is 35.0. The van der Waals surface area contributed by atoms with Gasteiger partial charge in [0.15, 0.2) is 6.10 Å². The van der Waals surface area contributed by atoms with Crippen LogP contribution in [-0.2, 0) is 37.5 Å². The van der Waals surface area contributed by atoms with Crippen molar-refractivity contribution in [2.45, 2.75) is 161 Å². The number of phosphoric ester groups is 1. The maximum atomic E-state index is 12.5. The zero-order valence-electron chi connectivity index (χ0n) is 29.1. The van der Waals surface area contributed by atoms with Gasteiger partial charge in [-0.1, -0.05) is 102 Å². The monoisotopic (exact) mass is 689 g/mol. The highest BCUT2D eigenvalue weighted by atomic mass is 31.2. The summed E-state index contributed by atoms with van der Waals surface area (Å²) in [4.78, 5) is 45.6. The van der Waals surface area contributed by atoms with Crippen molar-refractivity contribution < 1.29 is 47.5 Å². The third-order valence-corrected chi connectivity index (χ3v) is 8.35. The second kappa shape index (κ2) is 31.2. The minimum absolute atomic E-state index is 0.150. The second-order valence-electron chi connectivity index (χ2n) is 12.0. The van der Waals surface area contributed by atoms with Gasteiger partial charge in [-0.15, -0.1) is 0 Å². The molecule has 0 rings (SSSR count). The Hall–Kier alpha value is -2.04. The number of hydrogen-bond donors (Lipinski definition) is 3. The number of phosphoric acid groups is 1. The number of allylic oxidation sites excluding steroid dienone is 4. The van der Waals surface area contributed by atoms with E-state index in [1.807, 2.05) is 0 Å². The summed E-state index contributed by atoms with van der Waals surface area (Å²) in [6, 6.07) is -1.52. The van der Waals surface area contributed by atoms with E-state index in [4.69, 9.17) is 24.8 Å². The number of unbranched alkanes of at least 4 members (excludes halogenated alkanes) is 15. The molecule has 0 heterocycles. The highest BCUT2D eigenvalue weighted by Crippen LogP contribution is 2.43. The normalized spacial score (nSPS) is 14.3. The molecule has 3 atom stereocenters. The van der Waals surface area contributed by atoms with Crippen LogP contribution in [0.1, 0.15) is 149 Å². The highest BCUT2D eigenvalue weighted by molar-refractivity contribution is 7.47. The lowest BCUT2D eigenvalue weighted by Gasteiger charge is -2.20. The van der Waals surface area contributed by atoms with E-state index in [1.54, 1.807) is 0 Å². The lowest BCUT2D eigenvalue weighted by molar-refractivity contribution is -0.161. The SMILES string of the molecule is CCC/C=C\CCCCCCCC(=O)OCC(COP(=O)(O)OCC(N)C(=O)O)OC(=O)CCCCCCC/C=C\CCCCCC. The first kappa shape index (κ1) is 45.0. The summed E-state index contributed by atoms with van der Waals surface area (Å²) in [7, 11) is -4.71. The van der Waals surface area contributed by atoms with E-state index >= 15 is 0 Å². The van der Waals surface area contributed by atoms with Gasteiger partial charge < -0.3 is 25.2 Å². The molecule has 0 aromatic heterocycles. The van der Waals surface area contributed by atoms with Crippen LogP contribution in [0.15, 0.2) is 24.3 Å². The molecule has 0 saturated carbocycles. The molecular formula is C35H64NO10P. The number of carbonyl (C=O) groups excluding carboxylic acids is 2. The van der Waals surface area contributed by atoms with E-state index < -0.39 is 51.1 Å². The molecule has 47 heavy (non-hydrogen) atoms. The minimum atomic E-state index is -4.71. The van der Waals surface area contributed by atoms with Crippen LogP contribution in [0.2, 0.25) is 0 Å². The van der Waals surface area contributed by atoms with Gasteiger partial charge in [0.2, 0.25) is 0 Å². The molecule has 0 aliphatic carbocycles. The van der Waals surface area contributed by atoms with Crippen molar-refractivity contribution in [3.8, 4) is 0 Å². The van der Waals surface area contributed by atoms with E-state index in [-0.39, 0.29) is 19.4 Å². The predicted molar refractivity (Wildman–Crippen MR) is 185 cm³/mol. The first-order valence-electron chi connectivity index (χ1n) is 17.9. The maximum absolute atomic E-state index is 12.5. The van der Waals surface area contributed by atoms with Gasteiger partial charge in [0.05, 0.1) is 13.2 Å². The molecule has 0 radical (unpaired) electrons. The van der Waals surface area contributed by atoms with Crippen molar-refractivity contribution in [1.29, 1.82) is 0 Å². The van der Waals surface area contributed by atoms with E-state index in [0.29, 0.717) is 12.8 Å². The largest absolute Gasteiger partial charge is 0.480 e. The standard InChI is InChI=1S/C35H64NO10P/c1-3-5-7-9-11-13-15-16-17-19-21-23-25-27-34(38)46-31(29-44-47(41,42)45-30-32(36)35(39)40)28-43-33(37)26-24-22-20-18-14-12-10-8-6-4-2/h8,10,13,15,31-32H,3-7,9,11-12,14,16-30,36H2,1-2H3,(H,39,40)(H,41,42)/b10-8-,15-13-. The summed E-state index contributed by atoms with van der Waals surface area (Å²) in [5.41, 5.74) is 5.30. The summed E-state index contributed by atoms with van der Waals surface area (Å²) in [5, 5.41) is 8.83. The van der Waals surface area contributed by atoms with Crippen molar-refractivity contribution >= 4 is 25.7 Å². The van der Waals surface area contributed by atoms with Crippen molar-refractivity contribution in [2.75, 3.05) is 19.8 Å². The fourth-order valence-corrected chi connectivity index (χ4v) is 5.31. The number of nitrogens with two attached hydrogens (primary N) is 1. The topological polar surface area (TPSA) is 172 Å². The average Bonchev–Trinajstić information content (AvgIpc) is 3.04. The average molecular weight is 690 g/mol. The van der Waals surface area contributed by atoms with Gasteiger partial charge in [-0.2, -0.15) is 0 Å². The van der Waals surface area contributed by atoms with Crippen molar-refractivity contribution in [3.63, 3.8) is 0 Å². The number of aliphatic carboxylic acids is 1. The van der Waals surface area contributed by atoms with E-state index in [0.717, 1.165) is 83.5 Å². The van der Waals surface area contributed by atoms with Crippen LogP contribution >= 0.6 is 7.82 Å². The molecule has 4 N–H and O–H groups in total. The van der Waals surface area contributed by atoms with Gasteiger partial charge in [-0.3, -0.25) is 23.4 Å². The second-order valence-corrected chi connectivity index (χ2v) is 13.4. The molecule has 0 aromatic carbocycles. The van der Waals surface area contributed by atoms with Crippen LogP contribution in [0.25, 0.3) is 0 Å². The number of hydrogen-bond acceptors (Lipinski definition) is 9. The van der Waals surface area contributed by atoms with Crippen LogP contribution < -0.4 is 5.73 Å². The number of carboxylic acids is 1. The van der Waals surface area contributed by atoms with Crippen molar-refractivity contribution in [2.24, 2.45) is 5.73 Å². The van der Waals surface area contributed by atoms with Gasteiger partial charge in [0.25, 0.3) is 0 Å². The molecule has 12 heteroatoms. The lowest BCUT2D eigenvalue weighted by Crippen LogP contribution is -2.34. The Morgan fingerprint density at radius 1 is 0.638 bits per heavy atom. The molecule has 0 aliphatic heterocycles. The van der Waals surface area contributed by atoms with Crippen LogP contribution in [0, 0.1) is 0 Å². The van der Waals surface area contributed by atoms with Crippen LogP contribution in [-0.4, -0.2) is 59.9 Å². The van der Waals surface area contributed by atoms with Gasteiger partial charge in [0.1, 0.15) is 12.6 Å². The Bertz CT molecular complexity index is 911. The smallest absolute Gasteiger partial charge is 0.472 e. The van der Waals surface area contributed by atoms with Gasteiger partial charge >= 0.3 is 25.7 Å². The van der Waals surface area contributed by atoms with Crippen molar-refractivity contribution in [3.05, 3.63) is 24.3 Å². The summed E-state index contributed by atoms with van der Waals surface area (Å²) < 4.78 is 32.4. The molecule has 0 spiro atoms. The summed E-state index contributed by atoms with van der Waals surface area (Å²) >= 11 is 0. The third kappa shape index (κ3) is 31.0. The molecule has 274 valence electrons. The van der Waals surface area contributed by atoms with E-state index in [1.165, 1.54) is 25.7 Å². The lowest BCUT2D eigenvalue weighted by atomic mass is 10.1. The van der Waals surface area contributed by atoms with E-state index in [2.05, 4.69) is 42.7 Å². The highest BCUT2D eigenvalue weighted by Gasteiger charge is 2.28. The van der Waals surface area contributed by atoms with Crippen LogP contribution in [0.5, 0.6) is 0 Å². The number of rotatable bonds is 33. The Balaban J connectivity index is 4.51. The zero-order valence-corrected chi connectivity index (χ0v) is 30.0. The Morgan fingerprint density at radius 3 is 1.64 bits per heavy atom. The molecule has 3 unspecified atom stereocenters. The Kier molecular flexibility index (Phi) is 29.9. The fourth-order valence-electron chi connectivity index (χ4n) is 4.53. The first-order chi connectivity index (χ1) is 22.6. The molecule has 0 aromatic rings. The fraction of sp³-hybridized carbons (Fsp3) is 0.800. The molecule has 0 aliphatic rings. The minimum Gasteiger partial charge on any atom is -0.480 e. The predicted octanol–water partition coefficient (Wildman–Crippen LogP) is 8.33. The van der Waals surface area contributed by atoms with E-state index in [9.17, 15) is 23.8 Å². The first-order valence-corrected chi connectivity index (χ1v) is 19.4. The van der Waals surface area contributed by atoms with Gasteiger partial charge in [-0.25, -0.2) is 4.57 Å². The summed E-state index contributed by atoms with van der Waals surface area (Å²) in [6.07, 6.45) is 28.3. The molecular weight excluding hydrogens is 625 g/mol. The number of carboxylic acid groups (broad SMARTS) is 1. The quantitative estimate of drug-likeness (QED) is 0.0262. The van der Waals surface area contributed by atoms with Gasteiger partial charge in [-0.05, 0) is 57.8 Å². The number of ether oxygens (including phenoxy) is 2. The van der Waals surface area contributed by atoms with Crippen molar-refractivity contribution in [1.82, 2.24) is 0 Å². The Labute approximate surface area is 283 Å². The van der Waals surface area contributed by atoms with Crippen LogP contribution in [0.3, 0.4) is 0 Å². The van der Waals surface area contributed by atoms with Gasteiger partial charge in [0, 0.05) is 12.8 Å². The molecule has 0 amide bonds. The summed E-state index contributed by atoms with van der Waals surface area (Å²) in [5.74, 6) is -2.41. The molecule has 11 nitrogen and oxygen atoms in total. The third-order valence-electron chi connectivity index (χ3n) is 7.40. The number of carbonyl (C=O) groups is 3. The molecule has 0 saturated heterocycles.